The van der Waals surface area contributed by atoms with Gasteiger partial charge in [-0.3, -0.25) is 10.2 Å². The molecule has 1 amide bonds. The fraction of sp³-hybridized carbons (Fsp3) is 0.632. The molecule has 0 saturated carbocycles. The van der Waals surface area contributed by atoms with Crippen molar-refractivity contribution in [1.82, 2.24) is 21.1 Å². The number of carbonyl (C=O) groups is 1. The molecule has 1 aromatic rings. The zero-order chi connectivity index (χ0) is 17.4. The number of carbonyl (C=O) groups excluding carboxylic acids is 1. The molecule has 1 aromatic carbocycles. The highest BCUT2D eigenvalue weighted by molar-refractivity contribution is 5.83. The number of hydrogen-bond acceptors (Lipinski definition) is 5. The lowest BCUT2D eigenvalue weighted by molar-refractivity contribution is -0.157. The Labute approximate surface area is 149 Å². The Hall–Kier alpha value is -1.47. The SMILES string of the molecule is CC1(C)COC(c2ccccc2)CN1C(=O)C1NNC2CCNCC21. The average Bonchev–Trinajstić information content (AvgIpc) is 3.06. The fourth-order valence-electron chi connectivity index (χ4n) is 4.23. The minimum atomic E-state index is -0.301. The summed E-state index contributed by atoms with van der Waals surface area (Å²) in [6.07, 6.45) is 0.994. The predicted octanol–water partition coefficient (Wildman–Crippen LogP) is 0.820. The van der Waals surface area contributed by atoms with E-state index in [0.29, 0.717) is 25.1 Å². The average molecular weight is 344 g/mol. The molecule has 0 aliphatic carbocycles. The minimum Gasteiger partial charge on any atom is -0.369 e. The molecule has 6 nitrogen and oxygen atoms in total. The Kier molecular flexibility index (Phi) is 4.54. The van der Waals surface area contributed by atoms with Gasteiger partial charge in [0.1, 0.15) is 12.1 Å². The summed E-state index contributed by atoms with van der Waals surface area (Å²) in [4.78, 5) is 15.4. The normalized spacial score (nSPS) is 34.6. The number of fused-ring (bicyclic) bond motifs is 1. The highest BCUT2D eigenvalue weighted by Crippen LogP contribution is 2.32. The summed E-state index contributed by atoms with van der Waals surface area (Å²) in [7, 11) is 0. The molecule has 4 atom stereocenters. The topological polar surface area (TPSA) is 65.6 Å². The minimum absolute atomic E-state index is 0.0622. The van der Waals surface area contributed by atoms with Crippen molar-refractivity contribution in [2.24, 2.45) is 5.92 Å². The quantitative estimate of drug-likeness (QED) is 0.741. The van der Waals surface area contributed by atoms with Gasteiger partial charge < -0.3 is 15.0 Å². The highest BCUT2D eigenvalue weighted by Gasteiger charge is 2.47. The number of piperidine rings is 1. The lowest BCUT2D eigenvalue weighted by atomic mass is 9.87. The molecule has 0 spiro atoms. The van der Waals surface area contributed by atoms with Crippen molar-refractivity contribution in [3.63, 3.8) is 0 Å². The van der Waals surface area contributed by atoms with Crippen LogP contribution in [0.1, 0.15) is 31.9 Å². The van der Waals surface area contributed by atoms with E-state index >= 15 is 0 Å². The predicted molar refractivity (Wildman–Crippen MR) is 95.8 cm³/mol. The Morgan fingerprint density at radius 1 is 1.24 bits per heavy atom. The van der Waals surface area contributed by atoms with Crippen LogP contribution in [0.4, 0.5) is 0 Å². The van der Waals surface area contributed by atoms with Crippen LogP contribution in [0.5, 0.6) is 0 Å². The fourth-order valence-corrected chi connectivity index (χ4v) is 4.23. The molecule has 3 heterocycles. The maximum absolute atomic E-state index is 13.4. The van der Waals surface area contributed by atoms with E-state index in [1.54, 1.807) is 0 Å². The summed E-state index contributed by atoms with van der Waals surface area (Å²) >= 11 is 0. The second kappa shape index (κ2) is 6.68. The van der Waals surface area contributed by atoms with Crippen LogP contribution in [0.2, 0.25) is 0 Å². The molecule has 3 saturated heterocycles. The van der Waals surface area contributed by atoms with Crippen molar-refractivity contribution in [2.75, 3.05) is 26.2 Å². The maximum Gasteiger partial charge on any atom is 0.242 e. The van der Waals surface area contributed by atoms with Gasteiger partial charge in [-0.1, -0.05) is 30.3 Å². The van der Waals surface area contributed by atoms with Crippen LogP contribution in [0, 0.1) is 5.92 Å². The van der Waals surface area contributed by atoms with Gasteiger partial charge in [0.25, 0.3) is 0 Å². The van der Waals surface area contributed by atoms with Crippen LogP contribution in [0.3, 0.4) is 0 Å². The molecular weight excluding hydrogens is 316 g/mol. The summed E-state index contributed by atoms with van der Waals surface area (Å²) < 4.78 is 6.09. The van der Waals surface area contributed by atoms with E-state index in [1.165, 1.54) is 0 Å². The van der Waals surface area contributed by atoms with Crippen molar-refractivity contribution in [3.05, 3.63) is 35.9 Å². The van der Waals surface area contributed by atoms with E-state index in [-0.39, 0.29) is 23.6 Å². The molecule has 4 unspecified atom stereocenters. The van der Waals surface area contributed by atoms with Crippen LogP contribution >= 0.6 is 0 Å². The third-order valence-corrected chi connectivity index (χ3v) is 5.80. The number of benzene rings is 1. The highest BCUT2D eigenvalue weighted by atomic mass is 16.5. The van der Waals surface area contributed by atoms with Crippen LogP contribution in [0.15, 0.2) is 30.3 Å². The lowest BCUT2D eigenvalue weighted by Gasteiger charge is -2.47. The molecule has 3 aliphatic rings. The number of nitrogens with zero attached hydrogens (tertiary/aromatic N) is 1. The zero-order valence-corrected chi connectivity index (χ0v) is 15.0. The Morgan fingerprint density at radius 2 is 2.04 bits per heavy atom. The van der Waals surface area contributed by atoms with Crippen LogP contribution < -0.4 is 16.2 Å². The summed E-state index contributed by atoms with van der Waals surface area (Å²) in [6.45, 7) is 7.21. The van der Waals surface area contributed by atoms with Crippen molar-refractivity contribution in [1.29, 1.82) is 0 Å². The summed E-state index contributed by atoms with van der Waals surface area (Å²) in [5, 5.41) is 3.42. The third-order valence-electron chi connectivity index (χ3n) is 5.80. The molecule has 0 radical (unpaired) electrons. The first kappa shape index (κ1) is 17.0. The van der Waals surface area contributed by atoms with Crippen LogP contribution in [0.25, 0.3) is 0 Å². The van der Waals surface area contributed by atoms with Gasteiger partial charge in [0.05, 0.1) is 18.7 Å². The number of nitrogens with one attached hydrogen (secondary N) is 3. The standard InChI is InChI=1S/C19H28N4O2/c1-19(2)12-25-16(13-6-4-3-5-7-13)11-23(19)18(24)17-14-10-20-9-8-15(14)21-22-17/h3-7,14-17,20-22H,8-12H2,1-2H3. The van der Waals surface area contributed by atoms with E-state index in [9.17, 15) is 4.79 Å². The van der Waals surface area contributed by atoms with Gasteiger partial charge >= 0.3 is 0 Å². The Balaban J connectivity index is 1.53. The molecule has 6 heteroatoms. The number of ether oxygens (including phenoxy) is 1. The van der Waals surface area contributed by atoms with E-state index in [4.69, 9.17) is 4.74 Å². The van der Waals surface area contributed by atoms with E-state index in [2.05, 4.69) is 42.1 Å². The van der Waals surface area contributed by atoms with Gasteiger partial charge in [-0.2, -0.15) is 0 Å². The molecular formula is C19H28N4O2. The van der Waals surface area contributed by atoms with Gasteiger partial charge in [0, 0.05) is 18.5 Å². The first-order chi connectivity index (χ1) is 12.1. The van der Waals surface area contributed by atoms with Crippen molar-refractivity contribution in [2.45, 2.75) is 44.0 Å². The number of hydrogen-bond donors (Lipinski definition) is 3. The monoisotopic (exact) mass is 344 g/mol. The van der Waals surface area contributed by atoms with E-state index in [0.717, 1.165) is 25.1 Å². The number of morpholine rings is 1. The van der Waals surface area contributed by atoms with Gasteiger partial charge in [0.2, 0.25) is 5.91 Å². The third kappa shape index (κ3) is 3.19. The Morgan fingerprint density at radius 3 is 2.84 bits per heavy atom. The summed E-state index contributed by atoms with van der Waals surface area (Å²) in [6, 6.07) is 10.4. The molecule has 3 aliphatic heterocycles. The van der Waals surface area contributed by atoms with Gasteiger partial charge in [0.15, 0.2) is 0 Å². The largest absolute Gasteiger partial charge is 0.369 e. The Bertz CT molecular complexity index is 621. The molecule has 3 fully saturated rings. The van der Waals surface area contributed by atoms with Crippen LogP contribution in [-0.4, -0.2) is 54.7 Å². The van der Waals surface area contributed by atoms with Crippen molar-refractivity contribution < 1.29 is 9.53 Å². The molecule has 0 bridgehead atoms. The molecule has 25 heavy (non-hydrogen) atoms. The van der Waals surface area contributed by atoms with E-state index < -0.39 is 0 Å². The van der Waals surface area contributed by atoms with Crippen molar-refractivity contribution in [3.8, 4) is 0 Å². The van der Waals surface area contributed by atoms with Crippen LogP contribution in [-0.2, 0) is 9.53 Å². The van der Waals surface area contributed by atoms with Gasteiger partial charge in [-0.25, -0.2) is 5.43 Å². The second-order valence-electron chi connectivity index (χ2n) is 8.00. The number of hydrazine groups is 1. The first-order valence-corrected chi connectivity index (χ1v) is 9.26. The number of rotatable bonds is 2. The maximum atomic E-state index is 13.4. The molecule has 0 aromatic heterocycles. The smallest absolute Gasteiger partial charge is 0.242 e. The molecule has 136 valence electrons. The molecule has 4 rings (SSSR count). The first-order valence-electron chi connectivity index (χ1n) is 9.26. The summed E-state index contributed by atoms with van der Waals surface area (Å²) in [5.74, 6) is 0.480. The summed E-state index contributed by atoms with van der Waals surface area (Å²) in [5.41, 5.74) is 7.42. The van der Waals surface area contributed by atoms with Gasteiger partial charge in [-0.15, -0.1) is 0 Å². The van der Waals surface area contributed by atoms with Gasteiger partial charge in [-0.05, 0) is 32.4 Å². The number of amides is 1. The molecule has 3 N–H and O–H groups in total. The zero-order valence-electron chi connectivity index (χ0n) is 15.0. The second-order valence-corrected chi connectivity index (χ2v) is 8.00. The van der Waals surface area contributed by atoms with E-state index in [1.807, 2.05) is 23.1 Å². The van der Waals surface area contributed by atoms with Crippen molar-refractivity contribution >= 4 is 5.91 Å². The lowest BCUT2D eigenvalue weighted by Crippen LogP contribution is -2.61.